The normalized spacial score (nSPS) is 20.0. The molecule has 104 valence electrons. The van der Waals surface area contributed by atoms with Gasteiger partial charge in [-0.2, -0.15) is 0 Å². The average molecular weight is 262 g/mol. The molecule has 0 radical (unpaired) electrons. The highest BCUT2D eigenvalue weighted by Gasteiger charge is 2.18. The van der Waals surface area contributed by atoms with Crippen LogP contribution < -0.4 is 15.4 Å². The lowest BCUT2D eigenvalue weighted by Crippen LogP contribution is -2.36. The third-order valence-electron chi connectivity index (χ3n) is 3.60. The van der Waals surface area contributed by atoms with E-state index in [2.05, 4.69) is 17.6 Å². The fraction of sp³-hybridized carbons (Fsp3) is 0.533. The lowest BCUT2D eigenvalue weighted by Gasteiger charge is -2.15. The molecule has 2 unspecified atom stereocenters. The number of ether oxygens (including phenoxy) is 1. The van der Waals surface area contributed by atoms with Gasteiger partial charge in [-0.3, -0.25) is 4.79 Å². The third kappa shape index (κ3) is 3.96. The van der Waals surface area contributed by atoms with E-state index in [-0.39, 0.29) is 11.8 Å². The van der Waals surface area contributed by atoms with Crippen molar-refractivity contribution in [3.63, 3.8) is 0 Å². The molecule has 1 heterocycles. The molecule has 1 aromatic rings. The molecule has 0 bridgehead atoms. The number of carbonyl (C=O) groups excluding carboxylic acids is 1. The molecule has 1 saturated heterocycles. The van der Waals surface area contributed by atoms with Crippen LogP contribution in [0.4, 0.5) is 0 Å². The van der Waals surface area contributed by atoms with E-state index in [9.17, 15) is 4.79 Å². The van der Waals surface area contributed by atoms with E-state index in [4.69, 9.17) is 4.74 Å². The topological polar surface area (TPSA) is 50.4 Å². The highest BCUT2D eigenvalue weighted by molar-refractivity contribution is 5.77. The van der Waals surface area contributed by atoms with Crippen molar-refractivity contribution in [2.24, 2.45) is 0 Å². The molecule has 19 heavy (non-hydrogen) atoms. The number of carbonyl (C=O) groups is 1. The van der Waals surface area contributed by atoms with Crippen molar-refractivity contribution in [2.75, 3.05) is 20.2 Å². The van der Waals surface area contributed by atoms with E-state index in [0.717, 1.165) is 25.3 Å². The summed E-state index contributed by atoms with van der Waals surface area (Å²) in [5, 5.41) is 6.32. The Balaban J connectivity index is 1.84. The highest BCUT2D eigenvalue weighted by Crippen LogP contribution is 2.21. The van der Waals surface area contributed by atoms with E-state index in [1.54, 1.807) is 7.11 Å². The molecule has 4 nitrogen and oxygen atoms in total. The SMILES string of the molecule is COc1ccc(C(C)CC(=O)NC2CCNC2)cc1. The molecule has 0 spiro atoms. The molecule has 1 fully saturated rings. The van der Waals surface area contributed by atoms with Gasteiger partial charge in [-0.15, -0.1) is 0 Å². The number of benzene rings is 1. The number of hydrogen-bond donors (Lipinski definition) is 2. The summed E-state index contributed by atoms with van der Waals surface area (Å²) in [4.78, 5) is 11.9. The van der Waals surface area contributed by atoms with Crippen molar-refractivity contribution in [3.8, 4) is 5.75 Å². The fourth-order valence-corrected chi connectivity index (χ4v) is 2.39. The first-order chi connectivity index (χ1) is 9.19. The van der Waals surface area contributed by atoms with Crippen molar-refractivity contribution >= 4 is 5.91 Å². The number of amides is 1. The van der Waals surface area contributed by atoms with Gasteiger partial charge in [-0.05, 0) is 36.6 Å². The molecule has 1 aromatic carbocycles. The second-order valence-corrected chi connectivity index (χ2v) is 5.14. The summed E-state index contributed by atoms with van der Waals surface area (Å²) in [6, 6.07) is 8.22. The van der Waals surface area contributed by atoms with Gasteiger partial charge >= 0.3 is 0 Å². The Hall–Kier alpha value is -1.55. The van der Waals surface area contributed by atoms with Gasteiger partial charge in [0.05, 0.1) is 7.11 Å². The number of hydrogen-bond acceptors (Lipinski definition) is 3. The van der Waals surface area contributed by atoms with Crippen LogP contribution in [0.25, 0.3) is 0 Å². The van der Waals surface area contributed by atoms with Crippen LogP contribution in [-0.4, -0.2) is 32.1 Å². The van der Waals surface area contributed by atoms with Crippen LogP contribution in [0.5, 0.6) is 5.75 Å². The molecule has 4 heteroatoms. The number of nitrogens with one attached hydrogen (secondary N) is 2. The first kappa shape index (κ1) is 13.9. The minimum Gasteiger partial charge on any atom is -0.497 e. The summed E-state index contributed by atoms with van der Waals surface area (Å²) in [5.74, 6) is 1.20. The lowest BCUT2D eigenvalue weighted by molar-refractivity contribution is -0.122. The smallest absolute Gasteiger partial charge is 0.220 e. The Morgan fingerprint density at radius 3 is 2.79 bits per heavy atom. The van der Waals surface area contributed by atoms with Crippen LogP contribution >= 0.6 is 0 Å². The maximum atomic E-state index is 11.9. The molecule has 0 aliphatic carbocycles. The minimum absolute atomic E-state index is 0.136. The fourth-order valence-electron chi connectivity index (χ4n) is 2.39. The number of rotatable bonds is 5. The van der Waals surface area contributed by atoms with Gasteiger partial charge in [0.25, 0.3) is 0 Å². The van der Waals surface area contributed by atoms with Crippen molar-refractivity contribution in [1.29, 1.82) is 0 Å². The highest BCUT2D eigenvalue weighted by atomic mass is 16.5. The van der Waals surface area contributed by atoms with Crippen molar-refractivity contribution in [3.05, 3.63) is 29.8 Å². The Morgan fingerprint density at radius 1 is 1.47 bits per heavy atom. The van der Waals surface area contributed by atoms with E-state index < -0.39 is 0 Å². The standard InChI is InChI=1S/C15H22N2O2/c1-11(12-3-5-14(19-2)6-4-12)9-15(18)17-13-7-8-16-10-13/h3-6,11,13,16H,7-10H2,1-2H3,(H,17,18). The minimum atomic E-state index is 0.136. The Kier molecular flexibility index (Phi) is 4.80. The van der Waals surface area contributed by atoms with E-state index in [1.165, 1.54) is 5.56 Å². The molecule has 2 rings (SSSR count). The van der Waals surface area contributed by atoms with E-state index >= 15 is 0 Å². The largest absolute Gasteiger partial charge is 0.497 e. The predicted octanol–water partition coefficient (Wildman–Crippen LogP) is 1.67. The molecular weight excluding hydrogens is 240 g/mol. The van der Waals surface area contributed by atoms with Crippen molar-refractivity contribution < 1.29 is 9.53 Å². The molecular formula is C15H22N2O2. The first-order valence-electron chi connectivity index (χ1n) is 6.83. The second-order valence-electron chi connectivity index (χ2n) is 5.14. The molecule has 1 aliphatic heterocycles. The van der Waals surface area contributed by atoms with Crippen LogP contribution in [0.15, 0.2) is 24.3 Å². The Labute approximate surface area is 114 Å². The first-order valence-corrected chi connectivity index (χ1v) is 6.83. The summed E-state index contributed by atoms with van der Waals surface area (Å²) in [7, 11) is 1.65. The van der Waals surface area contributed by atoms with Gasteiger partial charge in [0.1, 0.15) is 5.75 Å². The Bertz CT molecular complexity index is 411. The average Bonchev–Trinajstić information content (AvgIpc) is 2.91. The van der Waals surface area contributed by atoms with Crippen molar-refractivity contribution in [2.45, 2.75) is 31.7 Å². The van der Waals surface area contributed by atoms with Gasteiger partial charge in [0.15, 0.2) is 0 Å². The summed E-state index contributed by atoms with van der Waals surface area (Å²) in [5.41, 5.74) is 1.17. The second kappa shape index (κ2) is 6.57. The summed E-state index contributed by atoms with van der Waals surface area (Å²) < 4.78 is 5.13. The van der Waals surface area contributed by atoms with Gasteiger partial charge in [0, 0.05) is 19.0 Å². The third-order valence-corrected chi connectivity index (χ3v) is 3.60. The zero-order valence-corrected chi connectivity index (χ0v) is 11.6. The maximum absolute atomic E-state index is 11.9. The zero-order valence-electron chi connectivity index (χ0n) is 11.6. The van der Waals surface area contributed by atoms with Crippen LogP contribution in [-0.2, 0) is 4.79 Å². The Morgan fingerprint density at radius 2 is 2.21 bits per heavy atom. The van der Waals surface area contributed by atoms with Crippen LogP contribution in [0.1, 0.15) is 31.2 Å². The van der Waals surface area contributed by atoms with E-state index in [1.807, 2.05) is 24.3 Å². The lowest BCUT2D eigenvalue weighted by atomic mass is 9.97. The van der Waals surface area contributed by atoms with Gasteiger partial charge in [-0.25, -0.2) is 0 Å². The van der Waals surface area contributed by atoms with Crippen molar-refractivity contribution in [1.82, 2.24) is 10.6 Å². The van der Waals surface area contributed by atoms with E-state index in [0.29, 0.717) is 12.5 Å². The van der Waals surface area contributed by atoms with Crippen LogP contribution in [0.3, 0.4) is 0 Å². The zero-order chi connectivity index (χ0) is 13.7. The monoisotopic (exact) mass is 262 g/mol. The maximum Gasteiger partial charge on any atom is 0.220 e. The molecule has 2 N–H and O–H groups in total. The van der Waals surface area contributed by atoms with Gasteiger partial charge in [0.2, 0.25) is 5.91 Å². The van der Waals surface area contributed by atoms with Gasteiger partial charge < -0.3 is 15.4 Å². The summed E-state index contributed by atoms with van der Waals surface area (Å²) in [6.07, 6.45) is 1.56. The molecule has 0 aromatic heterocycles. The quantitative estimate of drug-likeness (QED) is 0.848. The van der Waals surface area contributed by atoms with Crippen LogP contribution in [0.2, 0.25) is 0 Å². The summed E-state index contributed by atoms with van der Waals surface area (Å²) >= 11 is 0. The predicted molar refractivity (Wildman–Crippen MR) is 75.4 cm³/mol. The molecule has 1 amide bonds. The van der Waals surface area contributed by atoms with Gasteiger partial charge in [-0.1, -0.05) is 19.1 Å². The molecule has 1 aliphatic rings. The number of methoxy groups -OCH3 is 1. The van der Waals surface area contributed by atoms with Crippen LogP contribution in [0, 0.1) is 0 Å². The summed E-state index contributed by atoms with van der Waals surface area (Å²) in [6.45, 7) is 3.97. The molecule has 2 atom stereocenters. The molecule has 0 saturated carbocycles.